The second-order valence-electron chi connectivity index (χ2n) is 7.16. The van der Waals surface area contributed by atoms with Gasteiger partial charge in [0.05, 0.1) is 11.4 Å². The number of aromatic nitrogens is 2. The van der Waals surface area contributed by atoms with Gasteiger partial charge >= 0.3 is 0 Å². The summed E-state index contributed by atoms with van der Waals surface area (Å²) in [6.45, 7) is 0. The number of nitrogen functional groups attached to an aromatic ring is 1. The van der Waals surface area contributed by atoms with Gasteiger partial charge in [0.15, 0.2) is 11.4 Å². The van der Waals surface area contributed by atoms with Crippen molar-refractivity contribution in [3.63, 3.8) is 0 Å². The Bertz CT molecular complexity index is 1350. The topological polar surface area (TPSA) is 132 Å². The molecule has 164 valence electrons. The standard InChI is InChI=1S/C20H19F2N3O5S/c1-31(29,30)7-6-11-8-14-18(23)17(20(27)25(28)19(14)24-10-11)16(26)5-3-12-2-4-13(21)9-15(12)22/h2,4,8-10,28H,3,5-7,23H2,1H3. The van der Waals surface area contributed by atoms with Crippen molar-refractivity contribution in [1.82, 2.24) is 9.71 Å². The van der Waals surface area contributed by atoms with Crippen LogP contribution in [-0.2, 0) is 22.7 Å². The normalized spacial score (nSPS) is 11.7. The van der Waals surface area contributed by atoms with Gasteiger partial charge in [-0.05, 0) is 36.1 Å². The van der Waals surface area contributed by atoms with E-state index in [1.807, 2.05) is 0 Å². The van der Waals surface area contributed by atoms with Crippen molar-refractivity contribution in [3.05, 3.63) is 69.1 Å². The molecule has 0 bridgehead atoms. The number of nitrogens with two attached hydrogens (primary N) is 1. The molecule has 0 fully saturated rings. The van der Waals surface area contributed by atoms with Gasteiger partial charge in [0.1, 0.15) is 27.0 Å². The zero-order valence-corrected chi connectivity index (χ0v) is 17.2. The number of nitrogens with zero attached hydrogens (tertiary/aromatic N) is 2. The number of hydrogen-bond donors (Lipinski definition) is 2. The van der Waals surface area contributed by atoms with Crippen LogP contribution in [0.5, 0.6) is 0 Å². The van der Waals surface area contributed by atoms with Gasteiger partial charge in [-0.3, -0.25) is 9.59 Å². The minimum absolute atomic E-state index is 0.0863. The summed E-state index contributed by atoms with van der Waals surface area (Å²) in [5.41, 5.74) is 4.63. The minimum Gasteiger partial charge on any atom is -0.423 e. The maximum Gasteiger partial charge on any atom is 0.297 e. The van der Waals surface area contributed by atoms with E-state index >= 15 is 0 Å². The number of benzene rings is 1. The predicted molar refractivity (Wildman–Crippen MR) is 110 cm³/mol. The highest BCUT2D eigenvalue weighted by molar-refractivity contribution is 7.90. The first-order valence-corrected chi connectivity index (χ1v) is 11.2. The molecule has 0 atom stereocenters. The van der Waals surface area contributed by atoms with Crippen LogP contribution in [0.25, 0.3) is 11.0 Å². The third kappa shape index (κ3) is 4.88. The van der Waals surface area contributed by atoms with Crippen LogP contribution in [0.1, 0.15) is 27.9 Å². The monoisotopic (exact) mass is 451 g/mol. The minimum atomic E-state index is -3.23. The summed E-state index contributed by atoms with van der Waals surface area (Å²) in [4.78, 5) is 29.1. The van der Waals surface area contributed by atoms with Crippen molar-refractivity contribution in [3.8, 4) is 0 Å². The van der Waals surface area contributed by atoms with Crippen LogP contribution in [0.15, 0.2) is 35.3 Å². The highest BCUT2D eigenvalue weighted by atomic mass is 32.2. The van der Waals surface area contributed by atoms with Crippen LogP contribution < -0.4 is 11.3 Å². The molecule has 0 amide bonds. The Morgan fingerprint density at radius 2 is 1.94 bits per heavy atom. The van der Waals surface area contributed by atoms with Crippen LogP contribution in [0, 0.1) is 11.6 Å². The fraction of sp³-hybridized carbons (Fsp3) is 0.250. The van der Waals surface area contributed by atoms with E-state index in [1.165, 1.54) is 18.3 Å². The van der Waals surface area contributed by atoms with E-state index in [9.17, 15) is 32.0 Å². The fourth-order valence-electron chi connectivity index (χ4n) is 3.13. The Morgan fingerprint density at radius 3 is 2.58 bits per heavy atom. The number of anilines is 1. The zero-order chi connectivity index (χ0) is 22.9. The van der Waals surface area contributed by atoms with E-state index in [4.69, 9.17) is 5.73 Å². The van der Waals surface area contributed by atoms with Gasteiger partial charge in [-0.25, -0.2) is 22.2 Å². The molecular formula is C20H19F2N3O5S. The Labute approximate surface area is 175 Å². The van der Waals surface area contributed by atoms with Crippen LogP contribution >= 0.6 is 0 Å². The number of hydrogen-bond acceptors (Lipinski definition) is 7. The van der Waals surface area contributed by atoms with Gasteiger partial charge in [-0.1, -0.05) is 6.07 Å². The van der Waals surface area contributed by atoms with E-state index in [2.05, 4.69) is 4.98 Å². The molecule has 0 aliphatic carbocycles. The number of halogens is 2. The number of Topliss-reactive ketones (excluding diaryl/α,β-unsaturated/α-hetero) is 1. The van der Waals surface area contributed by atoms with Crippen LogP contribution in [0.3, 0.4) is 0 Å². The molecule has 2 aromatic heterocycles. The lowest BCUT2D eigenvalue weighted by atomic mass is 10.0. The SMILES string of the molecule is CS(=O)(=O)CCc1cnc2c(c1)c(N)c(C(=O)CCc1ccc(F)cc1F)c(=O)n2O. The summed E-state index contributed by atoms with van der Waals surface area (Å²) in [6, 6.07) is 4.39. The summed E-state index contributed by atoms with van der Waals surface area (Å²) in [7, 11) is -3.23. The molecule has 0 saturated carbocycles. The van der Waals surface area contributed by atoms with Gasteiger partial charge in [0.2, 0.25) is 0 Å². The first kappa shape index (κ1) is 22.3. The molecular weight excluding hydrogens is 432 g/mol. The molecule has 0 saturated heterocycles. The van der Waals surface area contributed by atoms with E-state index in [0.717, 1.165) is 12.3 Å². The van der Waals surface area contributed by atoms with Gasteiger partial charge < -0.3 is 10.9 Å². The van der Waals surface area contributed by atoms with Crippen molar-refractivity contribution < 1.29 is 27.2 Å². The van der Waals surface area contributed by atoms with Crippen molar-refractivity contribution in [2.75, 3.05) is 17.7 Å². The third-order valence-electron chi connectivity index (χ3n) is 4.77. The van der Waals surface area contributed by atoms with Gasteiger partial charge in [-0.2, -0.15) is 0 Å². The largest absolute Gasteiger partial charge is 0.423 e. The first-order valence-electron chi connectivity index (χ1n) is 9.15. The average Bonchev–Trinajstić information content (AvgIpc) is 2.69. The number of sulfone groups is 1. The molecule has 0 aliphatic rings. The smallest absolute Gasteiger partial charge is 0.297 e. The summed E-state index contributed by atoms with van der Waals surface area (Å²) in [5, 5.41) is 10.3. The Balaban J connectivity index is 1.96. The maximum atomic E-state index is 13.8. The summed E-state index contributed by atoms with van der Waals surface area (Å²) < 4.78 is 49.8. The molecule has 8 nitrogen and oxygen atoms in total. The van der Waals surface area contributed by atoms with Gasteiger partial charge in [-0.15, -0.1) is 4.73 Å². The lowest BCUT2D eigenvalue weighted by molar-refractivity contribution is 0.0976. The van der Waals surface area contributed by atoms with E-state index < -0.39 is 38.4 Å². The molecule has 0 spiro atoms. The quantitative estimate of drug-likeness (QED) is 0.414. The second-order valence-corrected chi connectivity index (χ2v) is 9.42. The number of aryl methyl sites for hydroxylation is 2. The fourth-order valence-corrected chi connectivity index (χ4v) is 3.73. The maximum absolute atomic E-state index is 13.8. The zero-order valence-electron chi connectivity index (χ0n) is 16.4. The highest BCUT2D eigenvalue weighted by Gasteiger charge is 2.22. The summed E-state index contributed by atoms with van der Waals surface area (Å²) in [5.74, 6) is -2.46. The Hall–Kier alpha value is -3.34. The number of carbonyl (C=O) groups excluding carboxylic acids is 1. The van der Waals surface area contributed by atoms with Gasteiger partial charge in [0, 0.05) is 30.3 Å². The van der Waals surface area contributed by atoms with Crippen LogP contribution in [-0.4, -0.2) is 41.1 Å². The average molecular weight is 451 g/mol. The summed E-state index contributed by atoms with van der Waals surface area (Å²) >= 11 is 0. The van der Waals surface area contributed by atoms with Crippen molar-refractivity contribution >= 4 is 32.3 Å². The van der Waals surface area contributed by atoms with Crippen molar-refractivity contribution in [2.45, 2.75) is 19.3 Å². The van der Waals surface area contributed by atoms with E-state index in [1.54, 1.807) is 0 Å². The number of carbonyl (C=O) groups is 1. The lowest BCUT2D eigenvalue weighted by Crippen LogP contribution is -2.28. The number of rotatable bonds is 7. The van der Waals surface area contributed by atoms with Crippen molar-refractivity contribution in [1.29, 1.82) is 0 Å². The molecule has 3 aromatic rings. The molecule has 3 N–H and O–H groups in total. The highest BCUT2D eigenvalue weighted by Crippen LogP contribution is 2.23. The third-order valence-corrected chi connectivity index (χ3v) is 5.71. The second kappa shape index (κ2) is 8.42. The van der Waals surface area contributed by atoms with Crippen LogP contribution in [0.2, 0.25) is 0 Å². The lowest BCUT2D eigenvalue weighted by Gasteiger charge is -2.12. The first-order chi connectivity index (χ1) is 14.5. The number of pyridine rings is 2. The molecule has 3 rings (SSSR count). The van der Waals surface area contributed by atoms with Crippen molar-refractivity contribution in [2.24, 2.45) is 0 Å². The molecule has 0 unspecified atom stereocenters. The molecule has 31 heavy (non-hydrogen) atoms. The molecule has 1 aromatic carbocycles. The Morgan fingerprint density at radius 1 is 1.23 bits per heavy atom. The predicted octanol–water partition coefficient (Wildman–Crippen LogP) is 1.90. The molecule has 0 aliphatic heterocycles. The van der Waals surface area contributed by atoms with E-state index in [-0.39, 0.29) is 52.0 Å². The molecule has 11 heteroatoms. The molecule has 2 heterocycles. The molecule has 0 radical (unpaired) electrons. The number of fused-ring (bicyclic) bond motifs is 1. The number of ketones is 1. The van der Waals surface area contributed by atoms with E-state index in [0.29, 0.717) is 11.6 Å². The summed E-state index contributed by atoms with van der Waals surface area (Å²) in [6.07, 6.45) is 2.09. The van der Waals surface area contributed by atoms with Gasteiger partial charge in [0.25, 0.3) is 5.56 Å². The Kier molecular flexibility index (Phi) is 6.07. The van der Waals surface area contributed by atoms with Crippen LogP contribution in [0.4, 0.5) is 14.5 Å².